The zero-order valence-corrected chi connectivity index (χ0v) is 13.8. The highest BCUT2D eigenvalue weighted by Crippen LogP contribution is 2.29. The van der Waals surface area contributed by atoms with Crippen molar-refractivity contribution in [2.45, 2.75) is 45.1 Å². The van der Waals surface area contributed by atoms with Gasteiger partial charge in [-0.3, -0.25) is 14.3 Å². The molecule has 0 saturated carbocycles. The lowest BCUT2D eigenvalue weighted by Gasteiger charge is -2.33. The van der Waals surface area contributed by atoms with Crippen molar-refractivity contribution in [1.29, 1.82) is 0 Å². The molecule has 6 heteroatoms. The van der Waals surface area contributed by atoms with Gasteiger partial charge in [0.1, 0.15) is 12.0 Å². The Balaban J connectivity index is 1.56. The van der Waals surface area contributed by atoms with Crippen LogP contribution in [0.1, 0.15) is 63.8 Å². The SMILES string of the molecule is Cc1cnn(C2CCCN(C(=O)c3coc4c3C(=O)CCC4)C2)c1. The molecule has 0 N–H and O–H groups in total. The van der Waals surface area contributed by atoms with Crippen LogP contribution in [0.25, 0.3) is 0 Å². The number of aryl methyl sites for hydroxylation is 2. The van der Waals surface area contributed by atoms with Gasteiger partial charge in [-0.15, -0.1) is 0 Å². The monoisotopic (exact) mass is 327 g/mol. The maximum atomic E-state index is 12.9. The van der Waals surface area contributed by atoms with E-state index in [0.29, 0.717) is 36.4 Å². The normalized spacial score (nSPS) is 21.0. The summed E-state index contributed by atoms with van der Waals surface area (Å²) in [7, 11) is 0. The van der Waals surface area contributed by atoms with Gasteiger partial charge in [0.05, 0.1) is 23.4 Å². The molecular formula is C18H21N3O3. The Morgan fingerprint density at radius 2 is 2.21 bits per heavy atom. The molecule has 2 aliphatic rings. The van der Waals surface area contributed by atoms with Crippen LogP contribution in [-0.2, 0) is 6.42 Å². The third kappa shape index (κ3) is 2.56. The summed E-state index contributed by atoms with van der Waals surface area (Å²) in [6.45, 7) is 3.34. The average Bonchev–Trinajstić information content (AvgIpc) is 3.21. The van der Waals surface area contributed by atoms with Crippen LogP contribution >= 0.6 is 0 Å². The smallest absolute Gasteiger partial charge is 0.257 e. The molecule has 3 heterocycles. The number of hydrogen-bond donors (Lipinski definition) is 0. The summed E-state index contributed by atoms with van der Waals surface area (Å²) in [5.41, 5.74) is 2.07. The third-order valence-corrected chi connectivity index (χ3v) is 4.97. The molecule has 1 aliphatic heterocycles. The summed E-state index contributed by atoms with van der Waals surface area (Å²) in [4.78, 5) is 27.0. The highest BCUT2D eigenvalue weighted by Gasteiger charge is 2.32. The Morgan fingerprint density at radius 3 is 3.00 bits per heavy atom. The van der Waals surface area contributed by atoms with Crippen molar-refractivity contribution in [3.8, 4) is 0 Å². The van der Waals surface area contributed by atoms with E-state index in [-0.39, 0.29) is 17.7 Å². The Morgan fingerprint density at radius 1 is 1.33 bits per heavy atom. The van der Waals surface area contributed by atoms with E-state index in [1.54, 1.807) is 0 Å². The lowest BCUT2D eigenvalue weighted by molar-refractivity contribution is 0.0668. The zero-order valence-electron chi connectivity index (χ0n) is 13.8. The topological polar surface area (TPSA) is 68.3 Å². The van der Waals surface area contributed by atoms with E-state index in [1.165, 1.54) is 6.26 Å². The van der Waals surface area contributed by atoms with Gasteiger partial charge < -0.3 is 9.32 Å². The van der Waals surface area contributed by atoms with Gasteiger partial charge in [-0.05, 0) is 31.7 Å². The van der Waals surface area contributed by atoms with E-state index >= 15 is 0 Å². The molecule has 0 radical (unpaired) electrons. The van der Waals surface area contributed by atoms with E-state index in [1.807, 2.05) is 28.9 Å². The van der Waals surface area contributed by atoms with Crippen molar-refractivity contribution in [3.63, 3.8) is 0 Å². The number of amides is 1. The second kappa shape index (κ2) is 5.92. The summed E-state index contributed by atoms with van der Waals surface area (Å²) >= 11 is 0. The molecule has 1 amide bonds. The van der Waals surface area contributed by atoms with Crippen LogP contribution in [0.2, 0.25) is 0 Å². The van der Waals surface area contributed by atoms with Crippen molar-refractivity contribution in [2.75, 3.05) is 13.1 Å². The largest absolute Gasteiger partial charge is 0.468 e. The molecule has 126 valence electrons. The van der Waals surface area contributed by atoms with E-state index in [9.17, 15) is 9.59 Å². The third-order valence-electron chi connectivity index (χ3n) is 4.97. The van der Waals surface area contributed by atoms with Crippen LogP contribution < -0.4 is 0 Å². The number of carbonyl (C=O) groups is 2. The molecule has 0 bridgehead atoms. The van der Waals surface area contributed by atoms with Crippen molar-refractivity contribution in [2.24, 2.45) is 0 Å². The Hall–Kier alpha value is -2.37. The zero-order chi connectivity index (χ0) is 16.7. The Kier molecular flexibility index (Phi) is 3.75. The van der Waals surface area contributed by atoms with Crippen molar-refractivity contribution >= 4 is 11.7 Å². The van der Waals surface area contributed by atoms with Gasteiger partial charge in [-0.2, -0.15) is 5.10 Å². The first kappa shape index (κ1) is 15.2. The summed E-state index contributed by atoms with van der Waals surface area (Å²) in [6.07, 6.45) is 9.31. The predicted octanol–water partition coefficient (Wildman–Crippen LogP) is 2.78. The number of piperidine rings is 1. The predicted molar refractivity (Wildman–Crippen MR) is 87.1 cm³/mol. The molecule has 1 saturated heterocycles. The van der Waals surface area contributed by atoms with Gasteiger partial charge in [0.2, 0.25) is 0 Å². The maximum absolute atomic E-state index is 12.9. The number of rotatable bonds is 2. The number of carbonyl (C=O) groups excluding carboxylic acids is 2. The number of aromatic nitrogens is 2. The fourth-order valence-electron chi connectivity index (χ4n) is 3.74. The number of hydrogen-bond acceptors (Lipinski definition) is 4. The molecule has 1 unspecified atom stereocenters. The Bertz CT molecular complexity index is 789. The summed E-state index contributed by atoms with van der Waals surface area (Å²) in [5, 5.41) is 4.38. The maximum Gasteiger partial charge on any atom is 0.257 e. The molecule has 1 fully saturated rings. The molecule has 24 heavy (non-hydrogen) atoms. The Labute approximate surface area is 140 Å². The number of furan rings is 1. The second-order valence-electron chi connectivity index (χ2n) is 6.77. The number of fused-ring (bicyclic) bond motifs is 1. The molecule has 0 aromatic carbocycles. The minimum Gasteiger partial charge on any atom is -0.468 e. The van der Waals surface area contributed by atoms with Crippen LogP contribution in [0.5, 0.6) is 0 Å². The van der Waals surface area contributed by atoms with Crippen LogP contribution in [0.3, 0.4) is 0 Å². The van der Waals surface area contributed by atoms with Crippen molar-refractivity contribution in [1.82, 2.24) is 14.7 Å². The molecular weight excluding hydrogens is 306 g/mol. The van der Waals surface area contributed by atoms with Crippen LogP contribution in [0.15, 0.2) is 23.1 Å². The standard InChI is InChI=1S/C18H21N3O3/c1-12-8-19-21(9-12)13-4-3-7-20(10-13)18(23)14-11-24-16-6-2-5-15(22)17(14)16/h8-9,11,13H,2-7,10H2,1H3. The van der Waals surface area contributed by atoms with E-state index in [0.717, 1.165) is 31.2 Å². The van der Waals surface area contributed by atoms with E-state index in [4.69, 9.17) is 4.42 Å². The molecule has 6 nitrogen and oxygen atoms in total. The molecule has 4 rings (SSSR count). The van der Waals surface area contributed by atoms with Gasteiger partial charge >= 0.3 is 0 Å². The number of nitrogens with zero attached hydrogens (tertiary/aromatic N) is 3. The van der Waals surface area contributed by atoms with Gasteiger partial charge in [0.15, 0.2) is 5.78 Å². The molecule has 1 aliphatic carbocycles. The fraction of sp³-hybridized carbons (Fsp3) is 0.500. The molecule has 0 spiro atoms. The molecule has 1 atom stereocenters. The fourth-order valence-corrected chi connectivity index (χ4v) is 3.74. The lowest BCUT2D eigenvalue weighted by atomic mass is 9.93. The summed E-state index contributed by atoms with van der Waals surface area (Å²) < 4.78 is 7.45. The number of likely N-dealkylation sites (tertiary alicyclic amines) is 1. The average molecular weight is 327 g/mol. The molecule has 2 aromatic rings. The van der Waals surface area contributed by atoms with Gasteiger partial charge in [0.25, 0.3) is 5.91 Å². The van der Waals surface area contributed by atoms with Crippen LogP contribution in [-0.4, -0.2) is 39.5 Å². The number of Topliss-reactive ketones (excluding diaryl/α,β-unsaturated/α-hetero) is 1. The summed E-state index contributed by atoms with van der Waals surface area (Å²) in [5.74, 6) is 0.610. The summed E-state index contributed by atoms with van der Waals surface area (Å²) in [6, 6.07) is 0.190. The van der Waals surface area contributed by atoms with Gasteiger partial charge in [-0.1, -0.05) is 0 Å². The van der Waals surface area contributed by atoms with Gasteiger partial charge in [0, 0.05) is 32.1 Å². The van der Waals surface area contributed by atoms with Crippen molar-refractivity contribution in [3.05, 3.63) is 41.1 Å². The number of ketones is 1. The van der Waals surface area contributed by atoms with Crippen molar-refractivity contribution < 1.29 is 14.0 Å². The second-order valence-corrected chi connectivity index (χ2v) is 6.77. The first-order chi connectivity index (χ1) is 11.6. The minimum atomic E-state index is -0.0937. The minimum absolute atomic E-state index is 0.0320. The van der Waals surface area contributed by atoms with Gasteiger partial charge in [-0.25, -0.2) is 0 Å². The lowest BCUT2D eigenvalue weighted by Crippen LogP contribution is -2.41. The van der Waals surface area contributed by atoms with Crippen LogP contribution in [0.4, 0.5) is 0 Å². The quantitative estimate of drug-likeness (QED) is 0.850. The first-order valence-corrected chi connectivity index (χ1v) is 8.57. The first-order valence-electron chi connectivity index (χ1n) is 8.57. The van der Waals surface area contributed by atoms with E-state index < -0.39 is 0 Å². The molecule has 2 aromatic heterocycles. The highest BCUT2D eigenvalue weighted by molar-refractivity contribution is 6.09. The highest BCUT2D eigenvalue weighted by atomic mass is 16.3. The van der Waals surface area contributed by atoms with Crippen LogP contribution in [0, 0.1) is 6.92 Å². The van der Waals surface area contributed by atoms with E-state index in [2.05, 4.69) is 5.10 Å².